The van der Waals surface area contributed by atoms with Crippen molar-refractivity contribution in [1.82, 2.24) is 10.2 Å². The number of benzene rings is 1. The van der Waals surface area contributed by atoms with Crippen molar-refractivity contribution in [3.8, 4) is 0 Å². The first-order valence-electron chi connectivity index (χ1n) is 11.0. The fourth-order valence-corrected chi connectivity index (χ4v) is 4.50. The molecule has 4 atom stereocenters. The molecule has 0 spiro atoms. The second-order valence-corrected chi connectivity index (χ2v) is 9.29. The topological polar surface area (TPSA) is 81.0 Å². The lowest BCUT2D eigenvalue weighted by molar-refractivity contribution is 0.0476. The maximum Gasteiger partial charge on any atom is 0.411 e. The summed E-state index contributed by atoms with van der Waals surface area (Å²) < 4.78 is 16.8. The Balaban J connectivity index is 1.52. The molecule has 0 radical (unpaired) electrons. The van der Waals surface area contributed by atoms with Crippen molar-refractivity contribution in [3.63, 3.8) is 0 Å². The molecule has 1 aromatic heterocycles. The maximum absolute atomic E-state index is 13.2. The fraction of sp³-hybridized carbons (Fsp3) is 0.440. The molecule has 1 aliphatic carbocycles. The summed E-state index contributed by atoms with van der Waals surface area (Å²) in [5.41, 5.74) is 0.350. The molecule has 0 saturated carbocycles. The van der Waals surface area contributed by atoms with Crippen LogP contribution in [0.1, 0.15) is 51.0 Å². The molecule has 0 bridgehead atoms. The number of alkyl carbamates (subject to hydrolysis) is 1. The third kappa shape index (κ3) is 4.98. The number of likely N-dealkylation sites (tertiary alicyclic amines) is 1. The molecule has 2 aromatic rings. The standard InChI is InChI=1S/C25H30N2O5/c1-25(2,3)32-23(28)26-19-11-7-12-20-18(19)15-21(22-13-8-14-30-22)27(20)24(29)31-16-17-9-5-4-6-10-17/h4-10,12-14,18-21H,11,15-16H2,1-3H3,(H,26,28)/t18-,19+,20+,21+/m1/s1. The van der Waals surface area contributed by atoms with Crippen LogP contribution in [0.5, 0.6) is 0 Å². The summed E-state index contributed by atoms with van der Waals surface area (Å²) in [4.78, 5) is 27.4. The number of hydrogen-bond acceptors (Lipinski definition) is 5. The van der Waals surface area contributed by atoms with Crippen LogP contribution in [0.25, 0.3) is 0 Å². The molecule has 1 aliphatic heterocycles. The minimum absolute atomic E-state index is 0.0203. The van der Waals surface area contributed by atoms with Crippen LogP contribution in [0, 0.1) is 5.92 Å². The number of ether oxygens (including phenoxy) is 2. The summed E-state index contributed by atoms with van der Waals surface area (Å²) in [5, 5.41) is 3.01. The van der Waals surface area contributed by atoms with Gasteiger partial charge in [-0.15, -0.1) is 0 Å². The Kier molecular flexibility index (Phi) is 6.26. The van der Waals surface area contributed by atoms with E-state index in [4.69, 9.17) is 13.9 Å². The Morgan fingerprint density at radius 1 is 1.16 bits per heavy atom. The highest BCUT2D eigenvalue weighted by Gasteiger charge is 2.49. The van der Waals surface area contributed by atoms with Crippen molar-refractivity contribution in [1.29, 1.82) is 0 Å². The summed E-state index contributed by atoms with van der Waals surface area (Å²) in [6, 6.07) is 12.7. The number of carbonyl (C=O) groups is 2. The lowest BCUT2D eigenvalue weighted by atomic mass is 9.84. The molecular weight excluding hydrogens is 408 g/mol. The molecule has 1 saturated heterocycles. The second-order valence-electron chi connectivity index (χ2n) is 9.29. The zero-order valence-electron chi connectivity index (χ0n) is 18.7. The smallest absolute Gasteiger partial charge is 0.411 e. The zero-order valence-corrected chi connectivity index (χ0v) is 18.7. The van der Waals surface area contributed by atoms with Crippen LogP contribution < -0.4 is 5.32 Å². The number of furan rings is 1. The number of nitrogens with zero attached hydrogens (tertiary/aromatic N) is 1. The van der Waals surface area contributed by atoms with Gasteiger partial charge in [0.15, 0.2) is 0 Å². The molecule has 4 rings (SSSR count). The van der Waals surface area contributed by atoms with Gasteiger partial charge in [0, 0.05) is 12.0 Å². The van der Waals surface area contributed by atoms with Gasteiger partial charge in [-0.25, -0.2) is 9.59 Å². The number of fused-ring (bicyclic) bond motifs is 1. The van der Waals surface area contributed by atoms with Crippen molar-refractivity contribution in [2.24, 2.45) is 5.92 Å². The SMILES string of the molecule is CC(C)(C)OC(=O)N[C@H]1CC=C[C@H]2[C@@H]1C[C@@H](c1ccco1)N2C(=O)OCc1ccccc1. The Bertz CT molecular complexity index is 948. The van der Waals surface area contributed by atoms with Crippen molar-refractivity contribution < 1.29 is 23.5 Å². The lowest BCUT2D eigenvalue weighted by Crippen LogP contribution is -2.49. The van der Waals surface area contributed by atoms with Crippen LogP contribution in [0.4, 0.5) is 9.59 Å². The fourth-order valence-electron chi connectivity index (χ4n) is 4.50. The van der Waals surface area contributed by atoms with Crippen LogP contribution in [0.3, 0.4) is 0 Å². The van der Waals surface area contributed by atoms with E-state index in [1.54, 1.807) is 11.2 Å². The summed E-state index contributed by atoms with van der Waals surface area (Å²) >= 11 is 0. The second kappa shape index (κ2) is 9.10. The first-order chi connectivity index (χ1) is 15.3. The third-order valence-corrected chi connectivity index (χ3v) is 5.82. The van der Waals surface area contributed by atoms with Gasteiger partial charge >= 0.3 is 12.2 Å². The lowest BCUT2D eigenvalue weighted by Gasteiger charge is -2.34. The highest BCUT2D eigenvalue weighted by molar-refractivity contribution is 5.71. The van der Waals surface area contributed by atoms with Crippen molar-refractivity contribution in [2.45, 2.75) is 63.9 Å². The molecule has 1 aromatic carbocycles. The summed E-state index contributed by atoms with van der Waals surface area (Å²) in [7, 11) is 0. The van der Waals surface area contributed by atoms with Gasteiger partial charge in [0.2, 0.25) is 0 Å². The first-order valence-corrected chi connectivity index (χ1v) is 11.0. The molecule has 32 heavy (non-hydrogen) atoms. The molecule has 1 N–H and O–H groups in total. The van der Waals surface area contributed by atoms with Gasteiger partial charge in [0.05, 0.1) is 18.3 Å². The van der Waals surface area contributed by atoms with E-state index in [0.717, 1.165) is 5.56 Å². The number of rotatable bonds is 4. The Hall–Kier alpha value is -3.22. The molecule has 0 unspecified atom stereocenters. The molecule has 2 aliphatic rings. The number of nitrogens with one attached hydrogen (secondary N) is 1. The van der Waals surface area contributed by atoms with E-state index >= 15 is 0 Å². The van der Waals surface area contributed by atoms with Crippen molar-refractivity contribution in [2.75, 3.05) is 0 Å². The summed E-state index contributed by atoms with van der Waals surface area (Å²) in [6.45, 7) is 5.71. The molecule has 2 heterocycles. The van der Waals surface area contributed by atoms with E-state index in [-0.39, 0.29) is 30.7 Å². The van der Waals surface area contributed by atoms with E-state index in [1.807, 2.05) is 75.4 Å². The number of amides is 2. The average Bonchev–Trinajstić information content (AvgIpc) is 3.39. The summed E-state index contributed by atoms with van der Waals surface area (Å²) in [5.74, 6) is 0.729. The molecular formula is C25H30N2O5. The molecule has 2 amide bonds. The number of carbonyl (C=O) groups excluding carboxylic acids is 2. The van der Waals surface area contributed by atoms with Gasteiger partial charge in [0.1, 0.15) is 18.0 Å². The van der Waals surface area contributed by atoms with Gasteiger partial charge in [-0.2, -0.15) is 0 Å². The maximum atomic E-state index is 13.2. The third-order valence-electron chi connectivity index (χ3n) is 5.82. The quantitative estimate of drug-likeness (QED) is 0.664. The largest absolute Gasteiger partial charge is 0.467 e. The van der Waals surface area contributed by atoms with Gasteiger partial charge in [0.25, 0.3) is 0 Å². The van der Waals surface area contributed by atoms with Crippen molar-refractivity contribution in [3.05, 3.63) is 72.2 Å². The van der Waals surface area contributed by atoms with Gasteiger partial charge in [-0.1, -0.05) is 42.5 Å². The average molecular weight is 439 g/mol. The predicted molar refractivity (Wildman–Crippen MR) is 119 cm³/mol. The van der Waals surface area contributed by atoms with E-state index in [0.29, 0.717) is 18.6 Å². The van der Waals surface area contributed by atoms with E-state index in [1.165, 1.54) is 0 Å². The minimum Gasteiger partial charge on any atom is -0.467 e. The Morgan fingerprint density at radius 2 is 1.94 bits per heavy atom. The van der Waals surface area contributed by atoms with E-state index in [9.17, 15) is 9.59 Å². The van der Waals surface area contributed by atoms with Crippen LogP contribution in [-0.2, 0) is 16.1 Å². The van der Waals surface area contributed by atoms with E-state index < -0.39 is 17.8 Å². The Morgan fingerprint density at radius 3 is 2.62 bits per heavy atom. The summed E-state index contributed by atoms with van der Waals surface area (Å²) in [6.07, 6.45) is 6.13. The number of hydrogen-bond donors (Lipinski definition) is 1. The molecule has 1 fully saturated rings. The zero-order chi connectivity index (χ0) is 22.7. The Labute approximate surface area is 188 Å². The minimum atomic E-state index is -0.576. The van der Waals surface area contributed by atoms with Gasteiger partial charge in [-0.05, 0) is 51.3 Å². The molecule has 170 valence electrons. The predicted octanol–water partition coefficient (Wildman–Crippen LogP) is 5.20. The van der Waals surface area contributed by atoms with Gasteiger partial charge < -0.3 is 19.2 Å². The monoisotopic (exact) mass is 438 g/mol. The molecule has 7 nitrogen and oxygen atoms in total. The molecule has 7 heteroatoms. The van der Waals surface area contributed by atoms with Crippen LogP contribution in [0.2, 0.25) is 0 Å². The van der Waals surface area contributed by atoms with E-state index in [2.05, 4.69) is 5.32 Å². The van der Waals surface area contributed by atoms with Crippen LogP contribution >= 0.6 is 0 Å². The highest BCUT2D eigenvalue weighted by Crippen LogP contribution is 2.45. The van der Waals surface area contributed by atoms with Crippen molar-refractivity contribution >= 4 is 12.2 Å². The van der Waals surface area contributed by atoms with Gasteiger partial charge in [-0.3, -0.25) is 4.90 Å². The van der Waals surface area contributed by atoms with Crippen LogP contribution in [-0.4, -0.2) is 34.8 Å². The highest BCUT2D eigenvalue weighted by atomic mass is 16.6. The first kappa shape index (κ1) is 22.0. The normalized spacial score (nSPS) is 24.7. The van der Waals surface area contributed by atoms with Crippen LogP contribution in [0.15, 0.2) is 65.3 Å².